The topological polar surface area (TPSA) is 142 Å². The number of carbonyl (C=O) groups excluding carboxylic acids is 3. The van der Waals surface area contributed by atoms with Gasteiger partial charge in [-0.15, -0.1) is 0 Å². The fraction of sp³-hybridized carbons (Fsp3) is 0.353. The van der Waals surface area contributed by atoms with Gasteiger partial charge in [-0.25, -0.2) is 4.79 Å². The van der Waals surface area contributed by atoms with Crippen molar-refractivity contribution in [1.82, 2.24) is 0 Å². The maximum absolute atomic E-state index is 12.2. The minimum absolute atomic E-state index is 0.176. The largest absolute Gasteiger partial charge is 0.462 e. The number of benzene rings is 1. The molecule has 1 aromatic carbocycles. The molecular formula is C17H17NO9. The van der Waals surface area contributed by atoms with Crippen molar-refractivity contribution in [2.24, 2.45) is 0 Å². The Kier molecular flexibility index (Phi) is 6.24. The monoisotopic (exact) mass is 379 g/mol. The van der Waals surface area contributed by atoms with Crippen LogP contribution in [0.5, 0.6) is 0 Å². The van der Waals surface area contributed by atoms with E-state index in [2.05, 4.69) is 0 Å². The van der Waals surface area contributed by atoms with E-state index < -0.39 is 41.1 Å². The summed E-state index contributed by atoms with van der Waals surface area (Å²) in [6.07, 6.45) is -2.36. The summed E-state index contributed by atoms with van der Waals surface area (Å²) in [5, 5.41) is 21.1. The van der Waals surface area contributed by atoms with Crippen molar-refractivity contribution in [3.63, 3.8) is 0 Å². The molecule has 0 fully saturated rings. The van der Waals surface area contributed by atoms with Crippen LogP contribution in [-0.2, 0) is 28.6 Å². The summed E-state index contributed by atoms with van der Waals surface area (Å²) in [7, 11) is 0. The second-order valence-electron chi connectivity index (χ2n) is 5.69. The van der Waals surface area contributed by atoms with Crippen LogP contribution in [0.25, 0.3) is 0 Å². The van der Waals surface area contributed by atoms with E-state index in [9.17, 15) is 29.6 Å². The Labute approximate surface area is 153 Å². The molecule has 1 N–H and O–H groups in total. The molecule has 1 heterocycles. The first kappa shape index (κ1) is 20.0. The summed E-state index contributed by atoms with van der Waals surface area (Å²) in [6.45, 7) is 2.00. The summed E-state index contributed by atoms with van der Waals surface area (Å²) in [5.74, 6) is -2.15. The molecule has 1 aliphatic rings. The van der Waals surface area contributed by atoms with Crippen LogP contribution >= 0.6 is 0 Å². The third kappa shape index (κ3) is 5.11. The molecule has 2 rings (SSSR count). The van der Waals surface area contributed by atoms with Gasteiger partial charge in [0.15, 0.2) is 12.2 Å². The Morgan fingerprint density at radius 2 is 1.89 bits per heavy atom. The zero-order valence-corrected chi connectivity index (χ0v) is 14.5. The molecule has 0 spiro atoms. The molecule has 0 amide bonds. The van der Waals surface area contributed by atoms with E-state index in [0.717, 1.165) is 6.92 Å². The first-order valence-corrected chi connectivity index (χ1v) is 7.84. The van der Waals surface area contributed by atoms with Gasteiger partial charge in [0.1, 0.15) is 12.7 Å². The van der Waals surface area contributed by atoms with Crippen LogP contribution in [-0.4, -0.2) is 46.8 Å². The highest BCUT2D eigenvalue weighted by atomic mass is 16.6. The van der Waals surface area contributed by atoms with Crippen molar-refractivity contribution in [2.75, 3.05) is 6.61 Å². The number of rotatable bonds is 6. The number of aliphatic hydroxyl groups is 1. The van der Waals surface area contributed by atoms with Crippen LogP contribution in [0.2, 0.25) is 0 Å². The number of hydrogen-bond acceptors (Lipinski definition) is 9. The maximum Gasteiger partial charge on any atom is 0.337 e. The molecule has 3 atom stereocenters. The number of cyclic esters (lactones) is 1. The highest BCUT2D eigenvalue weighted by molar-refractivity contribution is 5.91. The fourth-order valence-corrected chi connectivity index (χ4v) is 2.42. The average molecular weight is 379 g/mol. The van der Waals surface area contributed by atoms with Gasteiger partial charge in [0.25, 0.3) is 5.69 Å². The molecular weight excluding hydrogens is 362 g/mol. The number of nitrogens with zero attached hydrogens (tertiary/aromatic N) is 1. The molecule has 0 saturated heterocycles. The molecule has 1 aromatic rings. The standard InChI is InChI=1S/C17H17NO9/c1-9(19)25-8-15-14(26-10(2)20)7-13(17(22)27-15)16(21)11-3-5-12(6-4-11)18(23)24/h3-7,14-16,21H,8H2,1-2H3/t14-,15+,16-/m0/s1. The van der Waals surface area contributed by atoms with Gasteiger partial charge in [-0.2, -0.15) is 0 Å². The van der Waals surface area contributed by atoms with Crippen LogP contribution < -0.4 is 0 Å². The Balaban J connectivity index is 2.27. The van der Waals surface area contributed by atoms with Crippen LogP contribution in [0.3, 0.4) is 0 Å². The molecule has 10 heteroatoms. The van der Waals surface area contributed by atoms with E-state index >= 15 is 0 Å². The molecule has 0 saturated carbocycles. The lowest BCUT2D eigenvalue weighted by Gasteiger charge is -2.30. The van der Waals surface area contributed by atoms with Crippen molar-refractivity contribution < 1.29 is 38.6 Å². The van der Waals surface area contributed by atoms with Crippen molar-refractivity contribution in [1.29, 1.82) is 0 Å². The smallest absolute Gasteiger partial charge is 0.337 e. The summed E-state index contributed by atoms with van der Waals surface area (Å²) >= 11 is 0. The van der Waals surface area contributed by atoms with E-state index in [4.69, 9.17) is 14.2 Å². The highest BCUT2D eigenvalue weighted by Crippen LogP contribution is 2.29. The van der Waals surface area contributed by atoms with E-state index in [1.165, 1.54) is 37.3 Å². The molecule has 27 heavy (non-hydrogen) atoms. The number of nitro benzene ring substituents is 1. The third-order valence-electron chi connectivity index (χ3n) is 3.67. The van der Waals surface area contributed by atoms with E-state index in [1.54, 1.807) is 0 Å². The lowest BCUT2D eigenvalue weighted by molar-refractivity contribution is -0.384. The van der Waals surface area contributed by atoms with Crippen LogP contribution in [0.1, 0.15) is 25.5 Å². The second kappa shape index (κ2) is 8.41. The number of non-ortho nitro benzene ring substituents is 1. The Morgan fingerprint density at radius 1 is 1.26 bits per heavy atom. The van der Waals surface area contributed by atoms with Crippen molar-refractivity contribution in [3.05, 3.63) is 51.6 Å². The molecule has 0 unspecified atom stereocenters. The SMILES string of the molecule is CC(=O)OC[C@H]1OC(=O)C([C@@H](O)c2ccc([N+](=O)[O-])cc2)=C[C@@H]1OC(C)=O. The number of hydrogen-bond donors (Lipinski definition) is 1. The predicted octanol–water partition coefficient (Wildman–Crippen LogP) is 0.975. The molecule has 144 valence electrons. The lowest BCUT2D eigenvalue weighted by atomic mass is 9.96. The summed E-state index contributed by atoms with van der Waals surface area (Å²) in [6, 6.07) is 4.95. The van der Waals surface area contributed by atoms with Gasteiger partial charge in [0, 0.05) is 26.0 Å². The van der Waals surface area contributed by atoms with Crippen molar-refractivity contribution in [2.45, 2.75) is 32.2 Å². The van der Waals surface area contributed by atoms with E-state index in [1.807, 2.05) is 0 Å². The quantitative estimate of drug-likeness (QED) is 0.331. The zero-order chi connectivity index (χ0) is 20.1. The fourth-order valence-electron chi connectivity index (χ4n) is 2.42. The summed E-state index contributed by atoms with van der Waals surface area (Å²) < 4.78 is 15.0. The van der Waals surface area contributed by atoms with Crippen LogP contribution in [0.4, 0.5) is 5.69 Å². The average Bonchev–Trinajstić information content (AvgIpc) is 2.60. The normalized spacial score (nSPS) is 20.1. The Morgan fingerprint density at radius 3 is 2.41 bits per heavy atom. The van der Waals surface area contributed by atoms with Gasteiger partial charge in [-0.05, 0) is 23.8 Å². The van der Waals surface area contributed by atoms with Crippen molar-refractivity contribution >= 4 is 23.6 Å². The highest BCUT2D eigenvalue weighted by Gasteiger charge is 2.37. The summed E-state index contributed by atoms with van der Waals surface area (Å²) in [5.41, 5.74) is -0.164. The minimum atomic E-state index is -1.45. The number of esters is 3. The third-order valence-corrected chi connectivity index (χ3v) is 3.67. The van der Waals surface area contributed by atoms with Crippen LogP contribution in [0, 0.1) is 10.1 Å². The number of ether oxygens (including phenoxy) is 3. The Bertz CT molecular complexity index is 784. The van der Waals surface area contributed by atoms with Gasteiger partial charge >= 0.3 is 17.9 Å². The van der Waals surface area contributed by atoms with Gasteiger partial charge in [-0.3, -0.25) is 19.7 Å². The maximum atomic E-state index is 12.2. The predicted molar refractivity (Wildman–Crippen MR) is 88.2 cm³/mol. The molecule has 0 aliphatic carbocycles. The number of nitro groups is 1. The minimum Gasteiger partial charge on any atom is -0.462 e. The van der Waals surface area contributed by atoms with Gasteiger partial charge < -0.3 is 19.3 Å². The number of carbonyl (C=O) groups is 3. The van der Waals surface area contributed by atoms with Crippen LogP contribution in [0.15, 0.2) is 35.9 Å². The van der Waals surface area contributed by atoms with E-state index in [-0.39, 0.29) is 23.4 Å². The lowest BCUT2D eigenvalue weighted by Crippen LogP contribution is -2.42. The van der Waals surface area contributed by atoms with Crippen molar-refractivity contribution in [3.8, 4) is 0 Å². The van der Waals surface area contributed by atoms with Gasteiger partial charge in [0.2, 0.25) is 0 Å². The second-order valence-corrected chi connectivity index (χ2v) is 5.69. The molecule has 0 bridgehead atoms. The number of aliphatic hydroxyl groups excluding tert-OH is 1. The molecule has 0 aromatic heterocycles. The molecule has 0 radical (unpaired) electrons. The van der Waals surface area contributed by atoms with Gasteiger partial charge in [0.05, 0.1) is 10.5 Å². The zero-order valence-electron chi connectivity index (χ0n) is 14.5. The summed E-state index contributed by atoms with van der Waals surface area (Å²) in [4.78, 5) is 44.6. The Hall–Kier alpha value is -3.27. The first-order valence-electron chi connectivity index (χ1n) is 7.84. The van der Waals surface area contributed by atoms with Gasteiger partial charge in [-0.1, -0.05) is 0 Å². The van der Waals surface area contributed by atoms with E-state index in [0.29, 0.717) is 0 Å². The first-order chi connectivity index (χ1) is 12.7. The molecule has 1 aliphatic heterocycles. The molecule has 10 nitrogen and oxygen atoms in total.